The number of nitro groups is 1. The first-order valence-electron chi connectivity index (χ1n) is 6.60. The molecular weight excluding hydrogens is 346 g/mol. The monoisotopic (exact) mass is 361 g/mol. The zero-order chi connectivity index (χ0) is 18.2. The molecule has 2 atom stereocenters. The summed E-state index contributed by atoms with van der Waals surface area (Å²) in [6.07, 6.45) is -0.220. The molecule has 0 unspecified atom stereocenters. The fourth-order valence-corrected chi connectivity index (χ4v) is 2.90. The highest BCUT2D eigenvalue weighted by atomic mass is 32.2. The number of sulfone groups is 1. The summed E-state index contributed by atoms with van der Waals surface area (Å²) in [4.78, 5) is 30.5. The lowest BCUT2D eigenvalue weighted by Crippen LogP contribution is -2.38. The van der Waals surface area contributed by atoms with Crippen LogP contribution < -0.4 is 10.6 Å². The summed E-state index contributed by atoms with van der Waals surface area (Å²) < 4.78 is 27.9. The van der Waals surface area contributed by atoms with Gasteiger partial charge < -0.3 is 20.5 Å². The highest BCUT2D eigenvalue weighted by molar-refractivity contribution is 7.90. The Bertz CT molecular complexity index is 796. The third-order valence-corrected chi connectivity index (χ3v) is 4.26. The lowest BCUT2D eigenvalue weighted by Gasteiger charge is -2.23. The molecular formula is C11H15N5O7S. The molecule has 2 rings (SSSR count). The van der Waals surface area contributed by atoms with E-state index in [0.29, 0.717) is 0 Å². The molecule has 1 aromatic rings. The summed E-state index contributed by atoms with van der Waals surface area (Å²) in [5.74, 6) is -1.87. The van der Waals surface area contributed by atoms with Crippen LogP contribution in [0.4, 0.5) is 17.3 Å². The third kappa shape index (κ3) is 3.21. The van der Waals surface area contributed by atoms with Crippen molar-refractivity contribution in [1.29, 1.82) is 0 Å². The van der Waals surface area contributed by atoms with Crippen LogP contribution in [-0.2, 0) is 19.4 Å². The molecule has 1 aliphatic rings. The van der Waals surface area contributed by atoms with E-state index >= 15 is 0 Å². The first-order valence-corrected chi connectivity index (χ1v) is 8.50. The molecule has 0 aromatic carbocycles. The van der Waals surface area contributed by atoms with Gasteiger partial charge in [-0.3, -0.25) is 10.1 Å². The summed E-state index contributed by atoms with van der Waals surface area (Å²) >= 11 is 0. The van der Waals surface area contributed by atoms with E-state index < -0.39 is 55.4 Å². The predicted molar refractivity (Wildman–Crippen MR) is 80.0 cm³/mol. The molecule has 1 fully saturated rings. The van der Waals surface area contributed by atoms with Crippen molar-refractivity contribution in [1.82, 2.24) is 9.97 Å². The van der Waals surface area contributed by atoms with E-state index in [-0.39, 0.29) is 13.0 Å². The number of carbonyl (C=O) groups excluding carboxylic acids is 1. The standard InChI is InChI=1S/C11H15N5O7S/c1-23-10(18)6-3-5(17)4-15(6)9-7(16(19)20)8(12)13-11(14-9)24(2,21)22/h5-6,17H,3-4H2,1-2H3,(H2,12,13,14)/t5-,6+/m1/s1. The smallest absolute Gasteiger partial charge is 0.353 e. The first kappa shape index (κ1) is 17.8. The average molecular weight is 361 g/mol. The predicted octanol–water partition coefficient (Wildman–Crippen LogP) is -1.52. The van der Waals surface area contributed by atoms with E-state index in [0.717, 1.165) is 18.3 Å². The van der Waals surface area contributed by atoms with Crippen LogP contribution in [0.3, 0.4) is 0 Å². The Morgan fingerprint density at radius 2 is 2.12 bits per heavy atom. The maximum atomic E-state index is 11.9. The molecule has 0 bridgehead atoms. The van der Waals surface area contributed by atoms with Crippen molar-refractivity contribution >= 4 is 33.1 Å². The van der Waals surface area contributed by atoms with Crippen molar-refractivity contribution in [2.45, 2.75) is 23.7 Å². The highest BCUT2D eigenvalue weighted by Gasteiger charge is 2.42. The topological polar surface area (TPSA) is 179 Å². The number of aliphatic hydroxyl groups is 1. The van der Waals surface area contributed by atoms with E-state index in [4.69, 9.17) is 5.73 Å². The number of esters is 1. The lowest BCUT2D eigenvalue weighted by atomic mass is 10.2. The quantitative estimate of drug-likeness (QED) is 0.275. The zero-order valence-corrected chi connectivity index (χ0v) is 13.6. The normalized spacial score (nSPS) is 20.9. The molecule has 0 spiro atoms. The SMILES string of the molecule is COC(=O)[C@@H]1C[C@@H](O)CN1c1nc(S(C)(=O)=O)nc(N)c1[N+](=O)[O-]. The Kier molecular flexibility index (Phi) is 4.57. The summed E-state index contributed by atoms with van der Waals surface area (Å²) in [5, 5.41) is 20.4. The number of rotatable bonds is 4. The third-order valence-electron chi connectivity index (χ3n) is 3.41. The molecule has 2 heterocycles. The molecule has 0 radical (unpaired) electrons. The van der Waals surface area contributed by atoms with E-state index in [1.165, 1.54) is 0 Å². The van der Waals surface area contributed by atoms with Crippen molar-refractivity contribution in [2.75, 3.05) is 30.5 Å². The first-order chi connectivity index (χ1) is 11.1. The van der Waals surface area contributed by atoms with E-state index in [2.05, 4.69) is 14.7 Å². The number of ether oxygens (including phenoxy) is 1. The van der Waals surface area contributed by atoms with Crippen LogP contribution in [0.2, 0.25) is 0 Å². The molecule has 12 nitrogen and oxygen atoms in total. The second-order valence-corrected chi connectivity index (χ2v) is 7.08. The molecule has 24 heavy (non-hydrogen) atoms. The number of carbonyl (C=O) groups is 1. The summed E-state index contributed by atoms with van der Waals surface area (Å²) in [5.41, 5.74) is 4.77. The summed E-state index contributed by atoms with van der Waals surface area (Å²) in [7, 11) is -2.79. The number of nitrogens with two attached hydrogens (primary N) is 1. The average Bonchev–Trinajstić information content (AvgIpc) is 2.86. The number of hydrogen-bond acceptors (Lipinski definition) is 11. The van der Waals surface area contributed by atoms with Crippen LogP contribution >= 0.6 is 0 Å². The molecule has 0 saturated carbocycles. The number of nitrogen functional groups attached to an aromatic ring is 1. The van der Waals surface area contributed by atoms with Crippen LogP contribution in [0.15, 0.2) is 5.16 Å². The molecule has 13 heteroatoms. The van der Waals surface area contributed by atoms with Crippen molar-refractivity contribution in [2.24, 2.45) is 0 Å². The van der Waals surface area contributed by atoms with Gasteiger partial charge >= 0.3 is 11.7 Å². The molecule has 0 aliphatic carbocycles. The largest absolute Gasteiger partial charge is 0.467 e. The number of methoxy groups -OCH3 is 1. The Hall–Kier alpha value is -2.54. The van der Waals surface area contributed by atoms with Crippen LogP contribution in [0.5, 0.6) is 0 Å². The van der Waals surface area contributed by atoms with Gasteiger partial charge in [0.2, 0.25) is 21.5 Å². The van der Waals surface area contributed by atoms with Gasteiger partial charge in [-0.2, -0.15) is 9.97 Å². The van der Waals surface area contributed by atoms with Gasteiger partial charge in [0.1, 0.15) is 6.04 Å². The Morgan fingerprint density at radius 3 is 2.62 bits per heavy atom. The van der Waals surface area contributed by atoms with E-state index in [9.17, 15) is 28.4 Å². The van der Waals surface area contributed by atoms with Crippen LogP contribution in [0.25, 0.3) is 0 Å². The van der Waals surface area contributed by atoms with Crippen molar-refractivity contribution < 1.29 is 28.0 Å². The number of β-amino-alcohol motifs (C(OH)–C–C–N with tert-alkyl or cyclic N) is 1. The fraction of sp³-hybridized carbons (Fsp3) is 0.545. The summed E-state index contributed by atoms with van der Waals surface area (Å²) in [6, 6.07) is -1.06. The van der Waals surface area contributed by atoms with Gasteiger partial charge in [0, 0.05) is 19.2 Å². The van der Waals surface area contributed by atoms with Crippen LogP contribution in [-0.4, -0.2) is 66.4 Å². The maximum absolute atomic E-state index is 11.9. The molecule has 1 aromatic heterocycles. The van der Waals surface area contributed by atoms with Crippen molar-refractivity contribution in [3.8, 4) is 0 Å². The molecule has 132 valence electrons. The van der Waals surface area contributed by atoms with Gasteiger partial charge in [0.25, 0.3) is 5.16 Å². The molecule has 1 aliphatic heterocycles. The van der Waals surface area contributed by atoms with Gasteiger partial charge in [0.15, 0.2) is 0 Å². The number of hydrogen-bond donors (Lipinski definition) is 2. The van der Waals surface area contributed by atoms with Crippen molar-refractivity contribution in [3.63, 3.8) is 0 Å². The zero-order valence-electron chi connectivity index (χ0n) is 12.7. The van der Waals surface area contributed by atoms with Gasteiger partial charge in [0.05, 0.1) is 18.1 Å². The fourth-order valence-electron chi connectivity index (χ4n) is 2.39. The van der Waals surface area contributed by atoms with Gasteiger partial charge in [-0.15, -0.1) is 0 Å². The molecule has 3 N–H and O–H groups in total. The second kappa shape index (κ2) is 6.16. The van der Waals surface area contributed by atoms with E-state index in [1.807, 2.05) is 0 Å². The highest BCUT2D eigenvalue weighted by Crippen LogP contribution is 2.36. The molecule has 1 saturated heterocycles. The van der Waals surface area contributed by atoms with Gasteiger partial charge in [-0.25, -0.2) is 13.2 Å². The number of nitrogens with zero attached hydrogens (tertiary/aromatic N) is 4. The number of aliphatic hydroxyl groups excluding tert-OH is 1. The molecule has 0 amide bonds. The van der Waals surface area contributed by atoms with Gasteiger partial charge in [-0.05, 0) is 0 Å². The number of anilines is 2. The van der Waals surface area contributed by atoms with Crippen LogP contribution in [0, 0.1) is 10.1 Å². The Labute approximate surface area is 136 Å². The minimum absolute atomic E-state index is 0.0536. The maximum Gasteiger partial charge on any atom is 0.353 e. The number of aromatic nitrogens is 2. The Balaban J connectivity index is 2.68. The lowest BCUT2D eigenvalue weighted by molar-refractivity contribution is -0.383. The Morgan fingerprint density at radius 1 is 1.50 bits per heavy atom. The van der Waals surface area contributed by atoms with E-state index in [1.54, 1.807) is 0 Å². The minimum Gasteiger partial charge on any atom is -0.467 e. The van der Waals surface area contributed by atoms with Crippen molar-refractivity contribution in [3.05, 3.63) is 10.1 Å². The second-order valence-electron chi connectivity index (χ2n) is 5.17. The summed E-state index contributed by atoms with van der Waals surface area (Å²) in [6.45, 7) is -0.180. The van der Waals surface area contributed by atoms with Gasteiger partial charge in [-0.1, -0.05) is 0 Å². The minimum atomic E-state index is -3.91. The van der Waals surface area contributed by atoms with Crippen LogP contribution in [0.1, 0.15) is 6.42 Å².